The van der Waals surface area contributed by atoms with Gasteiger partial charge in [-0.15, -0.1) is 0 Å². The summed E-state index contributed by atoms with van der Waals surface area (Å²) in [5, 5.41) is 12.1. The summed E-state index contributed by atoms with van der Waals surface area (Å²) in [7, 11) is 2.25. The zero-order valence-electron chi connectivity index (χ0n) is 35.7. The highest BCUT2D eigenvalue weighted by atomic mass is 15.1. The van der Waals surface area contributed by atoms with Crippen molar-refractivity contribution in [3.63, 3.8) is 0 Å². The first-order chi connectivity index (χ1) is 30.0. The SMILES string of the molecule is CCN(C)c1ccc(C2(c3ccc(N(CC)CC)cc3)C3C4=CC5CC6CC7=CCCC8=CC9CC%10=CC32c2c%10c3c%10c%11c%12c(c7c7c%12c%12c(c4c2c%10%12)=C5C76)CC8=C%11C39)cc1. The van der Waals surface area contributed by atoms with Crippen LogP contribution in [0.3, 0.4) is 0 Å². The Kier molecular flexibility index (Phi) is 4.83. The molecule has 2 nitrogen and oxygen atoms in total. The molecular weight excluding hydrogens is 737 g/mol. The fourth-order valence-corrected chi connectivity index (χ4v) is 18.5. The number of anilines is 2. The first kappa shape index (κ1) is 31.5. The summed E-state index contributed by atoms with van der Waals surface area (Å²) in [6.07, 6.45) is 18.9. The lowest BCUT2D eigenvalue weighted by Gasteiger charge is -2.38. The maximum absolute atomic E-state index is 2.98. The number of hydrogen-bond donors (Lipinski definition) is 0. The van der Waals surface area contributed by atoms with Gasteiger partial charge in [-0.05, 0) is 228 Å². The fraction of sp³-hybridized carbons (Fsp3) is 0.356. The minimum atomic E-state index is -0.183. The predicted molar refractivity (Wildman–Crippen MR) is 252 cm³/mol. The number of rotatable bonds is 7. The van der Waals surface area contributed by atoms with Crippen LogP contribution in [-0.4, -0.2) is 26.7 Å². The summed E-state index contributed by atoms with van der Waals surface area (Å²) in [5.41, 5.74) is 31.7. The number of hydrogen-bond acceptors (Lipinski definition) is 2. The number of allylic oxidation sites excluding steroid dienone is 10. The van der Waals surface area contributed by atoms with Crippen LogP contribution in [0.25, 0.3) is 60.2 Å². The molecule has 6 aromatic rings. The molecule has 6 aromatic carbocycles. The van der Waals surface area contributed by atoms with Crippen molar-refractivity contribution in [1.82, 2.24) is 0 Å². The second-order valence-electron chi connectivity index (χ2n) is 21.6. The summed E-state index contributed by atoms with van der Waals surface area (Å²) in [6.45, 7) is 9.95. The van der Waals surface area contributed by atoms with Crippen LogP contribution in [0.5, 0.6) is 0 Å². The topological polar surface area (TPSA) is 6.48 Å². The van der Waals surface area contributed by atoms with Crippen molar-refractivity contribution in [2.24, 2.45) is 23.7 Å². The molecule has 2 saturated carbocycles. The molecule has 18 rings (SSSR count). The van der Waals surface area contributed by atoms with Crippen molar-refractivity contribution in [3.05, 3.63) is 145 Å². The van der Waals surface area contributed by atoms with Gasteiger partial charge in [-0.1, -0.05) is 48.6 Å². The van der Waals surface area contributed by atoms with Crippen LogP contribution in [0, 0.1) is 23.7 Å². The number of fused-ring (bicyclic) bond motifs is 1. The third-order valence-electron chi connectivity index (χ3n) is 20.2. The van der Waals surface area contributed by atoms with E-state index in [4.69, 9.17) is 0 Å². The van der Waals surface area contributed by atoms with Gasteiger partial charge in [0.25, 0.3) is 0 Å². The summed E-state index contributed by atoms with van der Waals surface area (Å²) in [5.74, 6) is 3.29. The molecular formula is C59H48N2. The molecule has 0 radical (unpaired) electrons. The Morgan fingerprint density at radius 2 is 1.48 bits per heavy atom. The molecule has 8 unspecified atom stereocenters. The lowest BCUT2D eigenvalue weighted by molar-refractivity contribution is 0.495. The molecule has 294 valence electrons. The van der Waals surface area contributed by atoms with Gasteiger partial charge in [-0.25, -0.2) is 0 Å². The largest absolute Gasteiger partial charge is 0.375 e. The molecule has 2 heteroatoms. The number of benzene rings is 4. The van der Waals surface area contributed by atoms with E-state index >= 15 is 0 Å². The van der Waals surface area contributed by atoms with E-state index in [-0.39, 0.29) is 10.8 Å². The van der Waals surface area contributed by atoms with Crippen LogP contribution >= 0.6 is 0 Å². The van der Waals surface area contributed by atoms with Crippen molar-refractivity contribution >= 4 is 71.6 Å². The Balaban J connectivity index is 1.05. The van der Waals surface area contributed by atoms with Crippen LogP contribution in [0.4, 0.5) is 11.4 Å². The molecule has 0 amide bonds. The molecule has 0 heterocycles. The molecule has 2 bridgehead atoms. The lowest BCUT2D eigenvalue weighted by atomic mass is 9.65. The molecule has 0 aliphatic heterocycles. The lowest BCUT2D eigenvalue weighted by Crippen LogP contribution is -2.27. The Morgan fingerprint density at radius 1 is 0.689 bits per heavy atom. The average Bonchev–Trinajstić information content (AvgIpc) is 3.86. The zero-order chi connectivity index (χ0) is 39.5. The molecule has 12 aliphatic carbocycles. The third kappa shape index (κ3) is 2.80. The normalized spacial score (nSPS) is 32.5. The Hall–Kier alpha value is -5.34. The predicted octanol–water partition coefficient (Wildman–Crippen LogP) is 12.1. The second-order valence-corrected chi connectivity index (χ2v) is 21.6. The molecule has 12 aliphatic rings. The average molecular weight is 785 g/mol. The highest BCUT2D eigenvalue weighted by molar-refractivity contribution is 6.38. The highest BCUT2D eigenvalue weighted by Gasteiger charge is 2.82. The van der Waals surface area contributed by atoms with Gasteiger partial charge in [0, 0.05) is 72.6 Å². The molecule has 0 aromatic heterocycles. The number of nitrogens with zero attached hydrogens (tertiary/aromatic N) is 2. The van der Waals surface area contributed by atoms with Crippen LogP contribution in [0.2, 0.25) is 0 Å². The van der Waals surface area contributed by atoms with E-state index in [1.165, 1.54) is 61.0 Å². The van der Waals surface area contributed by atoms with Gasteiger partial charge in [-0.3, -0.25) is 0 Å². The van der Waals surface area contributed by atoms with Gasteiger partial charge in [0.05, 0.1) is 0 Å². The van der Waals surface area contributed by atoms with E-state index in [0.29, 0.717) is 35.5 Å². The van der Waals surface area contributed by atoms with Crippen LogP contribution < -0.4 is 15.0 Å². The van der Waals surface area contributed by atoms with Crippen molar-refractivity contribution in [3.8, 4) is 0 Å². The van der Waals surface area contributed by atoms with Crippen molar-refractivity contribution in [2.75, 3.05) is 36.5 Å². The smallest absolute Gasteiger partial charge is 0.0421 e. The van der Waals surface area contributed by atoms with Gasteiger partial charge in [0.2, 0.25) is 0 Å². The maximum Gasteiger partial charge on any atom is 0.0421 e. The Bertz CT molecular complexity index is 3520. The molecule has 1 spiro atoms. The minimum Gasteiger partial charge on any atom is -0.375 e. The van der Waals surface area contributed by atoms with Crippen LogP contribution in [0.15, 0.2) is 84.0 Å². The zero-order valence-corrected chi connectivity index (χ0v) is 35.7. The first-order valence-corrected chi connectivity index (χ1v) is 24.3. The standard InChI is InChI=1S/C59H48N2/c1-5-60(4)34-15-11-32(12-16-34)59(33-13-17-35(18-14-33)61(6-2)7-3)57-38-23-30-21-29-20-27-10-8-9-26-19-28-22-31-25-58(57,59)56-43(31)48-42(28)44-36(26)24-37-39(27)47-40(29)41(30)49-46(38)55(56)54-52(48)50(44)45(37)51(47)53(49)54/h10-19,23,25,28-30,40,42,57H,5-9,20-22,24H2,1-4H3. The monoisotopic (exact) mass is 784 g/mol. The van der Waals surface area contributed by atoms with Gasteiger partial charge in [0.15, 0.2) is 0 Å². The van der Waals surface area contributed by atoms with Crippen molar-refractivity contribution in [2.45, 2.75) is 82.0 Å². The van der Waals surface area contributed by atoms with Gasteiger partial charge >= 0.3 is 0 Å². The van der Waals surface area contributed by atoms with E-state index in [0.717, 1.165) is 19.6 Å². The van der Waals surface area contributed by atoms with E-state index < -0.39 is 0 Å². The fourth-order valence-electron chi connectivity index (χ4n) is 18.5. The van der Waals surface area contributed by atoms with E-state index in [9.17, 15) is 0 Å². The minimum absolute atomic E-state index is 0.105. The maximum atomic E-state index is 2.98. The molecule has 61 heavy (non-hydrogen) atoms. The molecule has 8 atom stereocenters. The molecule has 2 fully saturated rings. The van der Waals surface area contributed by atoms with Crippen LogP contribution in [-0.2, 0) is 17.3 Å². The summed E-state index contributed by atoms with van der Waals surface area (Å²) < 4.78 is 0. The second kappa shape index (κ2) is 9.36. The Morgan fingerprint density at radius 3 is 2.26 bits per heavy atom. The van der Waals surface area contributed by atoms with E-state index in [1.54, 1.807) is 110 Å². The quantitative estimate of drug-likeness (QED) is 0.159. The summed E-state index contributed by atoms with van der Waals surface area (Å²) in [4.78, 5) is 4.92. The van der Waals surface area contributed by atoms with Crippen molar-refractivity contribution < 1.29 is 0 Å². The van der Waals surface area contributed by atoms with E-state index in [2.05, 4.69) is 110 Å². The van der Waals surface area contributed by atoms with Gasteiger partial charge in [0.1, 0.15) is 0 Å². The van der Waals surface area contributed by atoms with Gasteiger partial charge < -0.3 is 9.80 Å². The third-order valence-corrected chi connectivity index (χ3v) is 20.2. The molecule has 0 N–H and O–H groups in total. The Labute approximate surface area is 357 Å². The van der Waals surface area contributed by atoms with Crippen molar-refractivity contribution in [1.29, 1.82) is 0 Å². The summed E-state index contributed by atoms with van der Waals surface area (Å²) >= 11 is 0. The van der Waals surface area contributed by atoms with Crippen LogP contribution in [0.1, 0.15) is 120 Å². The summed E-state index contributed by atoms with van der Waals surface area (Å²) in [6, 6.07) is 20.2. The molecule has 0 saturated heterocycles. The first-order valence-electron chi connectivity index (χ1n) is 24.3. The van der Waals surface area contributed by atoms with E-state index in [1.807, 2.05) is 11.1 Å². The van der Waals surface area contributed by atoms with Gasteiger partial charge in [-0.2, -0.15) is 0 Å². The highest BCUT2D eigenvalue weighted by Crippen LogP contribution is 2.86.